The van der Waals surface area contributed by atoms with Crippen LogP contribution in [0, 0.1) is 0 Å². The number of hydrogen-bond donors (Lipinski definition) is 0. The molecule has 0 N–H and O–H groups in total. The normalized spacial score (nSPS) is 15.4. The van der Waals surface area contributed by atoms with Crippen LogP contribution in [0.3, 0.4) is 0 Å². The predicted molar refractivity (Wildman–Crippen MR) is 110 cm³/mol. The fourth-order valence-corrected chi connectivity index (χ4v) is 4.89. The largest absolute Gasteiger partial charge is 0.379 e. The number of ether oxygens (including phenoxy) is 1. The van der Waals surface area contributed by atoms with E-state index >= 15 is 0 Å². The van der Waals surface area contributed by atoms with Crippen LogP contribution in [0.15, 0.2) is 65.7 Å². The van der Waals surface area contributed by atoms with Gasteiger partial charge in [-0.1, -0.05) is 30.3 Å². The topological polar surface area (TPSA) is 76.6 Å². The summed E-state index contributed by atoms with van der Waals surface area (Å²) in [6.45, 7) is 1.58. The molecular formula is C22H22N2O4S. The molecule has 3 aromatic rings. The number of sulfonamides is 1. The van der Waals surface area contributed by atoms with E-state index in [1.807, 2.05) is 24.3 Å². The lowest BCUT2D eigenvalue weighted by molar-refractivity contribution is 0.0730. The molecule has 29 heavy (non-hydrogen) atoms. The van der Waals surface area contributed by atoms with E-state index in [0.29, 0.717) is 50.2 Å². The summed E-state index contributed by atoms with van der Waals surface area (Å²) in [6, 6.07) is 16.2. The van der Waals surface area contributed by atoms with Gasteiger partial charge in [-0.25, -0.2) is 8.42 Å². The van der Waals surface area contributed by atoms with Crippen LogP contribution in [0.5, 0.6) is 0 Å². The minimum absolute atomic E-state index is 0.0271. The maximum atomic E-state index is 12.7. The second-order valence-corrected chi connectivity index (χ2v) is 8.90. The lowest BCUT2D eigenvalue weighted by Crippen LogP contribution is -2.40. The highest BCUT2D eigenvalue weighted by atomic mass is 32.2. The summed E-state index contributed by atoms with van der Waals surface area (Å²) < 4.78 is 32.0. The zero-order chi connectivity index (χ0) is 20.3. The van der Waals surface area contributed by atoms with Crippen LogP contribution >= 0.6 is 0 Å². The minimum atomic E-state index is -3.50. The Morgan fingerprint density at radius 2 is 1.72 bits per heavy atom. The van der Waals surface area contributed by atoms with Gasteiger partial charge in [-0.2, -0.15) is 4.31 Å². The molecule has 6 nitrogen and oxygen atoms in total. The highest BCUT2D eigenvalue weighted by molar-refractivity contribution is 7.89. The molecule has 1 aliphatic rings. The van der Waals surface area contributed by atoms with Crippen molar-refractivity contribution in [3.05, 3.63) is 71.9 Å². The van der Waals surface area contributed by atoms with Crippen LogP contribution in [0.25, 0.3) is 10.9 Å². The van der Waals surface area contributed by atoms with E-state index < -0.39 is 10.0 Å². The average molecular weight is 410 g/mol. The Kier molecular flexibility index (Phi) is 5.71. The molecule has 4 rings (SSSR count). The van der Waals surface area contributed by atoms with E-state index in [1.54, 1.807) is 36.5 Å². The van der Waals surface area contributed by atoms with Crippen molar-refractivity contribution in [1.29, 1.82) is 0 Å². The Hall–Kier alpha value is -2.61. The Bertz CT molecular complexity index is 1120. The van der Waals surface area contributed by atoms with Crippen LogP contribution in [0.1, 0.15) is 22.3 Å². The summed E-state index contributed by atoms with van der Waals surface area (Å²) in [5.41, 5.74) is 2.26. The number of morpholine rings is 1. The first kappa shape index (κ1) is 19.7. The summed E-state index contributed by atoms with van der Waals surface area (Å²) in [5.74, 6) is 0.0271. The maximum absolute atomic E-state index is 12.7. The molecule has 0 spiro atoms. The maximum Gasteiger partial charge on any atom is 0.243 e. The summed E-state index contributed by atoms with van der Waals surface area (Å²) in [5, 5.41) is 0.941. The first-order chi connectivity index (χ1) is 14.1. The van der Waals surface area contributed by atoms with Crippen molar-refractivity contribution in [3.8, 4) is 0 Å². The molecule has 0 saturated carbocycles. The molecule has 0 atom stereocenters. The van der Waals surface area contributed by atoms with Crippen LogP contribution in [-0.4, -0.2) is 49.8 Å². The molecule has 1 aliphatic heterocycles. The molecule has 0 aliphatic carbocycles. The van der Waals surface area contributed by atoms with Gasteiger partial charge in [0.15, 0.2) is 5.78 Å². The van der Waals surface area contributed by atoms with E-state index in [4.69, 9.17) is 4.74 Å². The number of ketones is 1. The van der Waals surface area contributed by atoms with Crippen molar-refractivity contribution >= 4 is 26.7 Å². The number of fused-ring (bicyclic) bond motifs is 1. The molecule has 2 aromatic carbocycles. The molecule has 0 radical (unpaired) electrons. The Morgan fingerprint density at radius 1 is 1.00 bits per heavy atom. The Morgan fingerprint density at radius 3 is 2.48 bits per heavy atom. The third kappa shape index (κ3) is 4.22. The number of aromatic nitrogens is 1. The molecule has 0 bridgehead atoms. The molecule has 150 valence electrons. The summed E-state index contributed by atoms with van der Waals surface area (Å²) in [7, 11) is -3.50. The van der Waals surface area contributed by atoms with E-state index in [2.05, 4.69) is 4.98 Å². The van der Waals surface area contributed by atoms with Gasteiger partial charge >= 0.3 is 0 Å². The smallest absolute Gasteiger partial charge is 0.243 e. The number of benzene rings is 2. The van der Waals surface area contributed by atoms with Gasteiger partial charge in [0.2, 0.25) is 10.0 Å². The third-order valence-electron chi connectivity index (χ3n) is 5.11. The number of Topliss-reactive ketones (excluding diaryl/α,β-unsaturated/α-hetero) is 1. The molecule has 1 saturated heterocycles. The third-order valence-corrected chi connectivity index (χ3v) is 7.02. The zero-order valence-corrected chi connectivity index (χ0v) is 16.8. The van der Waals surface area contributed by atoms with Crippen LogP contribution in [-0.2, 0) is 21.2 Å². The molecule has 0 unspecified atom stereocenters. The molecule has 1 aromatic heterocycles. The number of nitrogens with zero attached hydrogens (tertiary/aromatic N) is 2. The number of carbonyl (C=O) groups excluding carboxylic acids is 1. The lowest BCUT2D eigenvalue weighted by Gasteiger charge is -2.26. The summed E-state index contributed by atoms with van der Waals surface area (Å²) in [4.78, 5) is 17.3. The van der Waals surface area contributed by atoms with Gasteiger partial charge in [-0.05, 0) is 36.2 Å². The van der Waals surface area contributed by atoms with Gasteiger partial charge < -0.3 is 4.74 Å². The van der Waals surface area contributed by atoms with E-state index in [0.717, 1.165) is 10.9 Å². The summed E-state index contributed by atoms with van der Waals surface area (Å²) in [6.07, 6.45) is 2.57. The van der Waals surface area contributed by atoms with E-state index in [9.17, 15) is 13.2 Å². The van der Waals surface area contributed by atoms with Crippen molar-refractivity contribution in [3.63, 3.8) is 0 Å². The van der Waals surface area contributed by atoms with Gasteiger partial charge in [-0.15, -0.1) is 0 Å². The van der Waals surface area contributed by atoms with Crippen LogP contribution in [0.4, 0.5) is 0 Å². The second-order valence-electron chi connectivity index (χ2n) is 6.96. The lowest BCUT2D eigenvalue weighted by atomic mass is 10.0. The van der Waals surface area contributed by atoms with Crippen LogP contribution in [0.2, 0.25) is 0 Å². The first-order valence-corrected chi connectivity index (χ1v) is 11.0. The fourth-order valence-electron chi connectivity index (χ4n) is 3.49. The van der Waals surface area contributed by atoms with Gasteiger partial charge in [-0.3, -0.25) is 9.78 Å². The van der Waals surface area contributed by atoms with E-state index in [1.165, 1.54) is 4.31 Å². The molecule has 0 amide bonds. The average Bonchev–Trinajstić information content (AvgIpc) is 2.78. The first-order valence-electron chi connectivity index (χ1n) is 9.59. The van der Waals surface area contributed by atoms with Crippen molar-refractivity contribution < 1.29 is 17.9 Å². The van der Waals surface area contributed by atoms with Crippen molar-refractivity contribution in [2.24, 2.45) is 0 Å². The quantitative estimate of drug-likeness (QED) is 0.584. The van der Waals surface area contributed by atoms with Crippen molar-refractivity contribution in [2.45, 2.75) is 17.7 Å². The van der Waals surface area contributed by atoms with Gasteiger partial charge in [0.05, 0.1) is 23.6 Å². The van der Waals surface area contributed by atoms with Crippen molar-refractivity contribution in [1.82, 2.24) is 9.29 Å². The van der Waals surface area contributed by atoms with Gasteiger partial charge in [0, 0.05) is 36.7 Å². The molecule has 7 heteroatoms. The van der Waals surface area contributed by atoms with E-state index in [-0.39, 0.29) is 10.7 Å². The SMILES string of the molecule is O=C(CCc1ccc(S(=O)(=O)N2CCOCC2)cc1)c1cccc2cccnc12. The number of pyridine rings is 1. The standard InChI is InChI=1S/C22H22N2O4S/c25-21(20-5-1-3-18-4-2-12-23-22(18)20)11-8-17-6-9-19(10-7-17)29(26,27)24-13-15-28-16-14-24/h1-7,9-10,12H,8,11,13-16H2. The number of para-hydroxylation sites is 1. The number of carbonyl (C=O) groups is 1. The molecule has 1 fully saturated rings. The molecule has 2 heterocycles. The summed E-state index contributed by atoms with van der Waals surface area (Å²) >= 11 is 0. The highest BCUT2D eigenvalue weighted by Gasteiger charge is 2.26. The second kappa shape index (κ2) is 8.41. The Balaban J connectivity index is 1.44. The number of aryl methyl sites for hydroxylation is 1. The minimum Gasteiger partial charge on any atom is -0.379 e. The van der Waals surface area contributed by atoms with Gasteiger partial charge in [0.1, 0.15) is 0 Å². The van der Waals surface area contributed by atoms with Crippen LogP contribution < -0.4 is 0 Å². The fraction of sp³-hybridized carbons (Fsp3) is 0.273. The monoisotopic (exact) mass is 410 g/mol. The highest BCUT2D eigenvalue weighted by Crippen LogP contribution is 2.20. The Labute approximate surface area is 170 Å². The number of hydrogen-bond acceptors (Lipinski definition) is 5. The zero-order valence-electron chi connectivity index (χ0n) is 16.0. The predicted octanol–water partition coefficient (Wildman–Crippen LogP) is 3.07. The molecular weight excluding hydrogens is 388 g/mol. The number of rotatable bonds is 6. The van der Waals surface area contributed by atoms with Crippen molar-refractivity contribution in [2.75, 3.05) is 26.3 Å². The van der Waals surface area contributed by atoms with Gasteiger partial charge in [0.25, 0.3) is 0 Å².